The van der Waals surface area contributed by atoms with Crippen molar-refractivity contribution in [2.45, 2.75) is 23.6 Å². The molecule has 0 heterocycles. The molecular weight excluding hydrogens is 233 g/mol. The molecule has 0 aliphatic heterocycles. The van der Waals surface area contributed by atoms with Crippen LogP contribution in [0.4, 0.5) is 10.1 Å². The summed E-state index contributed by atoms with van der Waals surface area (Å²) >= 11 is 1.42. The smallest absolute Gasteiger partial charge is 0.140 e. The molecule has 0 saturated carbocycles. The molecule has 2 aromatic carbocycles. The van der Waals surface area contributed by atoms with Crippen LogP contribution in [0.5, 0.6) is 0 Å². The van der Waals surface area contributed by atoms with Crippen LogP contribution in [-0.2, 0) is 0 Å². The average Bonchev–Trinajstić information content (AvgIpc) is 2.33. The minimum Gasteiger partial charge on any atom is -0.399 e. The Morgan fingerprint density at radius 1 is 1.00 bits per heavy atom. The van der Waals surface area contributed by atoms with Crippen LogP contribution >= 0.6 is 11.8 Å². The van der Waals surface area contributed by atoms with Gasteiger partial charge in [0.1, 0.15) is 5.82 Å². The maximum atomic E-state index is 14.0. The van der Waals surface area contributed by atoms with Crippen LogP contribution in [0.1, 0.15) is 11.1 Å². The van der Waals surface area contributed by atoms with Gasteiger partial charge in [-0.1, -0.05) is 17.8 Å². The minimum absolute atomic E-state index is 0.133. The van der Waals surface area contributed by atoms with Crippen molar-refractivity contribution in [1.82, 2.24) is 0 Å². The molecule has 0 unspecified atom stereocenters. The highest BCUT2D eigenvalue weighted by Gasteiger charge is 2.08. The minimum atomic E-state index is -0.133. The van der Waals surface area contributed by atoms with Crippen LogP contribution in [0.2, 0.25) is 0 Å². The largest absolute Gasteiger partial charge is 0.399 e. The molecule has 2 aromatic rings. The average molecular weight is 247 g/mol. The van der Waals surface area contributed by atoms with E-state index in [1.807, 2.05) is 43.3 Å². The summed E-state index contributed by atoms with van der Waals surface area (Å²) in [5.41, 5.74) is 8.02. The number of hydrogen-bond acceptors (Lipinski definition) is 2. The number of hydrogen-bond donors (Lipinski definition) is 1. The first-order valence-electron chi connectivity index (χ1n) is 5.37. The van der Waals surface area contributed by atoms with Crippen LogP contribution in [0, 0.1) is 19.7 Å². The van der Waals surface area contributed by atoms with Gasteiger partial charge in [-0.3, -0.25) is 0 Å². The molecule has 0 atom stereocenters. The van der Waals surface area contributed by atoms with Crippen LogP contribution in [0.15, 0.2) is 46.2 Å². The van der Waals surface area contributed by atoms with E-state index >= 15 is 0 Å². The van der Waals surface area contributed by atoms with E-state index in [2.05, 4.69) is 0 Å². The Morgan fingerprint density at radius 2 is 1.65 bits per heavy atom. The van der Waals surface area contributed by atoms with E-state index in [1.165, 1.54) is 11.8 Å². The highest BCUT2D eigenvalue weighted by molar-refractivity contribution is 7.99. The first-order valence-corrected chi connectivity index (χ1v) is 6.18. The van der Waals surface area contributed by atoms with Crippen LogP contribution in [-0.4, -0.2) is 0 Å². The van der Waals surface area contributed by atoms with E-state index in [9.17, 15) is 4.39 Å². The Balaban J connectivity index is 2.30. The third kappa shape index (κ3) is 2.61. The fraction of sp³-hybridized carbons (Fsp3) is 0.143. The summed E-state index contributed by atoms with van der Waals surface area (Å²) in [6.45, 7) is 3.72. The molecule has 1 nitrogen and oxygen atoms in total. The molecule has 0 bridgehead atoms. The van der Waals surface area contributed by atoms with E-state index in [0.29, 0.717) is 10.5 Å². The zero-order valence-electron chi connectivity index (χ0n) is 9.83. The van der Waals surface area contributed by atoms with Gasteiger partial charge in [-0.25, -0.2) is 4.39 Å². The number of aryl methyl sites for hydroxylation is 1. The molecule has 0 aliphatic rings. The summed E-state index contributed by atoms with van der Waals surface area (Å²) in [5, 5.41) is 0. The number of halogens is 1. The molecule has 0 spiro atoms. The van der Waals surface area contributed by atoms with Crippen molar-refractivity contribution in [2.75, 3.05) is 5.73 Å². The van der Waals surface area contributed by atoms with Crippen molar-refractivity contribution in [3.05, 3.63) is 53.3 Å². The van der Waals surface area contributed by atoms with Crippen LogP contribution in [0.25, 0.3) is 0 Å². The second kappa shape index (κ2) is 4.80. The van der Waals surface area contributed by atoms with Gasteiger partial charge in [0.2, 0.25) is 0 Å². The summed E-state index contributed by atoms with van der Waals surface area (Å²) in [6, 6.07) is 11.2. The number of nitrogens with two attached hydrogens (primary N) is 1. The van der Waals surface area contributed by atoms with Gasteiger partial charge >= 0.3 is 0 Å². The maximum absolute atomic E-state index is 14.0. The van der Waals surface area contributed by atoms with Gasteiger partial charge in [0.25, 0.3) is 0 Å². The fourth-order valence-electron chi connectivity index (χ4n) is 1.50. The molecule has 0 aliphatic carbocycles. The summed E-state index contributed by atoms with van der Waals surface area (Å²) < 4.78 is 14.0. The molecule has 0 radical (unpaired) electrons. The quantitative estimate of drug-likeness (QED) is 0.806. The molecular formula is C14H14FNS. The third-order valence-electron chi connectivity index (χ3n) is 2.73. The van der Waals surface area contributed by atoms with E-state index < -0.39 is 0 Å². The second-order valence-corrected chi connectivity index (χ2v) is 5.11. The zero-order valence-corrected chi connectivity index (χ0v) is 10.6. The van der Waals surface area contributed by atoms with E-state index in [4.69, 9.17) is 5.73 Å². The summed E-state index contributed by atoms with van der Waals surface area (Å²) in [5.74, 6) is -0.133. The van der Waals surface area contributed by atoms with Gasteiger partial charge in [-0.2, -0.15) is 0 Å². The molecule has 0 fully saturated rings. The van der Waals surface area contributed by atoms with Crippen molar-refractivity contribution >= 4 is 17.4 Å². The van der Waals surface area contributed by atoms with Gasteiger partial charge in [-0.15, -0.1) is 0 Å². The number of nitrogen functional groups attached to an aromatic ring is 1. The van der Waals surface area contributed by atoms with Gasteiger partial charge in [-0.05, 0) is 55.3 Å². The van der Waals surface area contributed by atoms with Crippen LogP contribution < -0.4 is 5.73 Å². The lowest BCUT2D eigenvalue weighted by Crippen LogP contribution is -1.90. The van der Waals surface area contributed by atoms with Crippen LogP contribution in [0.3, 0.4) is 0 Å². The fourth-order valence-corrected chi connectivity index (χ4v) is 2.40. The van der Waals surface area contributed by atoms with E-state index in [1.54, 1.807) is 6.92 Å². The first-order chi connectivity index (χ1) is 8.08. The summed E-state index contributed by atoms with van der Waals surface area (Å²) in [7, 11) is 0. The number of anilines is 1. The normalized spacial score (nSPS) is 10.5. The van der Waals surface area contributed by atoms with Crippen molar-refractivity contribution < 1.29 is 4.39 Å². The number of rotatable bonds is 2. The van der Waals surface area contributed by atoms with E-state index in [0.717, 1.165) is 16.1 Å². The first kappa shape index (κ1) is 12.0. The summed E-state index contributed by atoms with van der Waals surface area (Å²) in [6.07, 6.45) is 0. The highest BCUT2D eigenvalue weighted by Crippen LogP contribution is 2.32. The topological polar surface area (TPSA) is 26.0 Å². The molecule has 0 aromatic heterocycles. The predicted octanol–water partition coefficient (Wildman–Crippen LogP) is 4.18. The van der Waals surface area contributed by atoms with Crippen molar-refractivity contribution in [3.8, 4) is 0 Å². The molecule has 2 N–H and O–H groups in total. The monoisotopic (exact) mass is 247 g/mol. The third-order valence-corrected chi connectivity index (χ3v) is 3.77. The molecule has 17 heavy (non-hydrogen) atoms. The summed E-state index contributed by atoms with van der Waals surface area (Å²) in [4.78, 5) is 1.64. The lowest BCUT2D eigenvalue weighted by Gasteiger charge is -2.08. The molecule has 0 amide bonds. The van der Waals surface area contributed by atoms with E-state index in [-0.39, 0.29) is 5.82 Å². The van der Waals surface area contributed by atoms with Gasteiger partial charge in [0, 0.05) is 15.5 Å². The zero-order chi connectivity index (χ0) is 12.4. The molecule has 3 heteroatoms. The second-order valence-electron chi connectivity index (χ2n) is 3.99. The molecule has 2 rings (SSSR count). The lowest BCUT2D eigenvalue weighted by atomic mass is 10.1. The molecule has 88 valence electrons. The van der Waals surface area contributed by atoms with Gasteiger partial charge in [0.15, 0.2) is 0 Å². The van der Waals surface area contributed by atoms with Crippen molar-refractivity contribution in [2.24, 2.45) is 0 Å². The molecule has 0 saturated heterocycles. The Morgan fingerprint density at radius 3 is 2.29 bits per heavy atom. The Hall–Kier alpha value is -1.48. The Bertz CT molecular complexity index is 535. The van der Waals surface area contributed by atoms with Crippen molar-refractivity contribution in [3.63, 3.8) is 0 Å². The Kier molecular flexibility index (Phi) is 3.38. The number of benzene rings is 2. The highest BCUT2D eigenvalue weighted by atomic mass is 32.2. The maximum Gasteiger partial charge on any atom is 0.140 e. The standard InChI is InChI=1S/C14H14FNS/c1-9-3-8-13(14(15)10(9)2)17-12-6-4-11(16)5-7-12/h3-8H,16H2,1-2H3. The lowest BCUT2D eigenvalue weighted by molar-refractivity contribution is 0.591. The Labute approximate surface area is 105 Å². The van der Waals surface area contributed by atoms with Crippen molar-refractivity contribution in [1.29, 1.82) is 0 Å². The van der Waals surface area contributed by atoms with Gasteiger partial charge < -0.3 is 5.73 Å². The predicted molar refractivity (Wildman–Crippen MR) is 70.9 cm³/mol. The SMILES string of the molecule is Cc1ccc(Sc2ccc(N)cc2)c(F)c1C. The van der Waals surface area contributed by atoms with Gasteiger partial charge in [0.05, 0.1) is 0 Å².